The highest BCUT2D eigenvalue weighted by Gasteiger charge is 2.33. The summed E-state index contributed by atoms with van der Waals surface area (Å²) in [7, 11) is 0. The Balaban J connectivity index is 1.85. The molecule has 1 aromatic heterocycles. The molecule has 6 heteroatoms. The maximum atomic E-state index is 12.4. The zero-order chi connectivity index (χ0) is 14.6. The summed E-state index contributed by atoms with van der Waals surface area (Å²) in [6.07, 6.45) is 4.55. The van der Waals surface area contributed by atoms with Crippen molar-refractivity contribution >= 4 is 28.3 Å². The molecular weight excluding hydrogens is 286 g/mol. The average molecular weight is 299 g/mol. The second kappa shape index (κ2) is 6.05. The maximum absolute atomic E-state index is 12.4. The Hall–Kier alpha value is -1.88. The average Bonchev–Trinajstić information content (AvgIpc) is 2.80. The lowest BCUT2D eigenvalue weighted by Gasteiger charge is -2.02. The van der Waals surface area contributed by atoms with Crippen LogP contribution in [-0.2, 0) is 11.2 Å². The van der Waals surface area contributed by atoms with Crippen molar-refractivity contribution in [2.75, 3.05) is 6.54 Å². The highest BCUT2D eigenvalue weighted by molar-refractivity contribution is 6.34. The Kier molecular flexibility index (Phi) is 4.39. The smallest absolute Gasteiger partial charge is 0.384 e. The van der Waals surface area contributed by atoms with Crippen LogP contribution < -0.4 is 5.32 Å². The lowest BCUT2D eigenvalue weighted by molar-refractivity contribution is -0.128. The quantitative estimate of drug-likeness (QED) is 0.489. The number of nitrogens with one attached hydrogen (secondary N) is 2. The van der Waals surface area contributed by atoms with Crippen LogP contribution in [0.4, 0.5) is 8.78 Å². The SMILES string of the molecule is O=C(C=CNCCc1c[nH]c2ccccc12)C(F)(F)Cl. The normalized spacial score (nSPS) is 12.2. The molecule has 106 valence electrons. The third-order valence-electron chi connectivity index (χ3n) is 2.85. The van der Waals surface area contributed by atoms with Gasteiger partial charge in [0.1, 0.15) is 0 Å². The van der Waals surface area contributed by atoms with Crippen LogP contribution in [0.1, 0.15) is 5.56 Å². The van der Waals surface area contributed by atoms with Gasteiger partial charge in [0.25, 0.3) is 0 Å². The van der Waals surface area contributed by atoms with Gasteiger partial charge in [-0.2, -0.15) is 8.78 Å². The molecule has 0 saturated carbocycles. The summed E-state index contributed by atoms with van der Waals surface area (Å²) in [6, 6.07) is 7.89. The molecule has 2 rings (SSSR count). The van der Waals surface area contributed by atoms with Crippen molar-refractivity contribution in [2.45, 2.75) is 11.8 Å². The molecule has 0 bridgehead atoms. The molecule has 0 amide bonds. The van der Waals surface area contributed by atoms with E-state index in [2.05, 4.69) is 21.9 Å². The van der Waals surface area contributed by atoms with E-state index in [1.54, 1.807) is 0 Å². The number of carbonyl (C=O) groups is 1. The maximum Gasteiger partial charge on any atom is 0.384 e. The highest BCUT2D eigenvalue weighted by atomic mass is 35.5. The fourth-order valence-corrected chi connectivity index (χ4v) is 1.92. The molecule has 0 saturated heterocycles. The molecule has 2 N–H and O–H groups in total. The number of hydrogen-bond donors (Lipinski definition) is 2. The van der Waals surface area contributed by atoms with E-state index in [0.29, 0.717) is 13.0 Å². The van der Waals surface area contributed by atoms with Gasteiger partial charge >= 0.3 is 5.38 Å². The number of allylic oxidation sites excluding steroid dienone is 1. The predicted molar refractivity (Wildman–Crippen MR) is 75.0 cm³/mol. The summed E-state index contributed by atoms with van der Waals surface area (Å²) < 4.78 is 24.7. The van der Waals surface area contributed by atoms with Crippen LogP contribution >= 0.6 is 11.6 Å². The number of para-hydroxylation sites is 1. The Morgan fingerprint density at radius 1 is 1.40 bits per heavy atom. The van der Waals surface area contributed by atoms with Gasteiger partial charge in [-0.3, -0.25) is 4.79 Å². The van der Waals surface area contributed by atoms with Crippen molar-refractivity contribution < 1.29 is 13.6 Å². The van der Waals surface area contributed by atoms with Gasteiger partial charge < -0.3 is 10.3 Å². The minimum absolute atomic E-state index is 0.527. The van der Waals surface area contributed by atoms with Crippen LogP contribution in [0, 0.1) is 0 Å². The van der Waals surface area contributed by atoms with Crippen molar-refractivity contribution in [3.8, 4) is 0 Å². The first-order chi connectivity index (χ1) is 9.48. The molecule has 1 aromatic carbocycles. The first-order valence-corrected chi connectivity index (χ1v) is 6.42. The molecule has 0 aliphatic rings. The lowest BCUT2D eigenvalue weighted by Crippen LogP contribution is -2.20. The van der Waals surface area contributed by atoms with Gasteiger partial charge in [-0.05, 0) is 29.7 Å². The second-order valence-corrected chi connectivity index (χ2v) is 4.73. The number of benzene rings is 1. The van der Waals surface area contributed by atoms with Gasteiger partial charge in [0.2, 0.25) is 5.78 Å². The number of hydrogen-bond acceptors (Lipinski definition) is 2. The minimum atomic E-state index is -3.84. The Bertz CT molecular complexity index is 631. The molecule has 2 aromatic rings. The van der Waals surface area contributed by atoms with E-state index in [4.69, 9.17) is 0 Å². The molecule has 0 aliphatic heterocycles. The fourth-order valence-electron chi connectivity index (χ4n) is 1.86. The Labute approximate surface area is 119 Å². The molecule has 0 spiro atoms. The number of aromatic amines is 1. The van der Waals surface area contributed by atoms with E-state index in [0.717, 1.165) is 22.5 Å². The zero-order valence-corrected chi connectivity index (χ0v) is 11.3. The van der Waals surface area contributed by atoms with Crippen LogP contribution in [0.15, 0.2) is 42.7 Å². The Morgan fingerprint density at radius 2 is 2.15 bits per heavy atom. The number of H-pyrrole nitrogens is 1. The van der Waals surface area contributed by atoms with E-state index in [1.165, 1.54) is 6.20 Å². The largest absolute Gasteiger partial charge is 0.390 e. The van der Waals surface area contributed by atoms with Crippen LogP contribution in [0.5, 0.6) is 0 Å². The fraction of sp³-hybridized carbons (Fsp3) is 0.214. The highest BCUT2D eigenvalue weighted by Crippen LogP contribution is 2.20. The number of fused-ring (bicyclic) bond motifs is 1. The molecule has 1 heterocycles. The van der Waals surface area contributed by atoms with Crippen molar-refractivity contribution in [1.82, 2.24) is 10.3 Å². The van der Waals surface area contributed by atoms with E-state index >= 15 is 0 Å². The monoisotopic (exact) mass is 298 g/mol. The van der Waals surface area contributed by atoms with Gasteiger partial charge in [0.05, 0.1) is 0 Å². The number of aromatic nitrogens is 1. The summed E-state index contributed by atoms with van der Waals surface area (Å²) in [6.45, 7) is 0.527. The standard InChI is InChI=1S/C14H13ClF2N2O/c15-14(16,17)13(20)6-8-18-7-5-10-9-19-12-4-2-1-3-11(10)12/h1-4,6,8-9,18-19H,5,7H2. The van der Waals surface area contributed by atoms with Crippen LogP contribution in [0.3, 0.4) is 0 Å². The van der Waals surface area contributed by atoms with Crippen LogP contribution in [0.2, 0.25) is 0 Å². The molecule has 0 aliphatic carbocycles. The predicted octanol–water partition coefficient (Wildman–Crippen LogP) is 3.21. The topological polar surface area (TPSA) is 44.9 Å². The van der Waals surface area contributed by atoms with E-state index in [1.807, 2.05) is 30.5 Å². The zero-order valence-electron chi connectivity index (χ0n) is 10.5. The second-order valence-electron chi connectivity index (χ2n) is 4.26. The molecule has 0 atom stereocenters. The summed E-state index contributed by atoms with van der Waals surface area (Å²) in [4.78, 5) is 14.0. The van der Waals surface area contributed by atoms with Gasteiger partial charge in [-0.1, -0.05) is 18.2 Å². The van der Waals surface area contributed by atoms with Crippen molar-refractivity contribution in [3.05, 3.63) is 48.3 Å². The molecular formula is C14H13ClF2N2O. The number of ketones is 1. The molecule has 0 unspecified atom stereocenters. The summed E-state index contributed by atoms with van der Waals surface area (Å²) >= 11 is 4.58. The van der Waals surface area contributed by atoms with E-state index in [9.17, 15) is 13.6 Å². The molecule has 20 heavy (non-hydrogen) atoms. The number of carbonyl (C=O) groups excluding carboxylic acids is 1. The van der Waals surface area contributed by atoms with Crippen molar-refractivity contribution in [2.24, 2.45) is 0 Å². The minimum Gasteiger partial charge on any atom is -0.390 e. The number of alkyl halides is 3. The van der Waals surface area contributed by atoms with Gasteiger partial charge in [-0.25, -0.2) is 0 Å². The third-order valence-corrected chi connectivity index (χ3v) is 3.03. The van der Waals surface area contributed by atoms with Crippen LogP contribution in [-0.4, -0.2) is 22.7 Å². The lowest BCUT2D eigenvalue weighted by atomic mass is 10.1. The van der Waals surface area contributed by atoms with Crippen molar-refractivity contribution in [3.63, 3.8) is 0 Å². The van der Waals surface area contributed by atoms with Gasteiger partial charge in [0.15, 0.2) is 0 Å². The molecule has 0 fully saturated rings. The first-order valence-electron chi connectivity index (χ1n) is 6.04. The van der Waals surface area contributed by atoms with Crippen molar-refractivity contribution in [1.29, 1.82) is 0 Å². The third kappa shape index (κ3) is 3.57. The van der Waals surface area contributed by atoms with Gasteiger partial charge in [0, 0.05) is 35.9 Å². The summed E-state index contributed by atoms with van der Waals surface area (Å²) in [5.41, 5.74) is 2.17. The van der Waals surface area contributed by atoms with Gasteiger partial charge in [-0.15, -0.1) is 0 Å². The van der Waals surface area contributed by atoms with E-state index in [-0.39, 0.29) is 0 Å². The van der Waals surface area contributed by atoms with Crippen LogP contribution in [0.25, 0.3) is 10.9 Å². The Morgan fingerprint density at radius 3 is 2.90 bits per heavy atom. The number of rotatable bonds is 6. The molecule has 0 radical (unpaired) electrons. The summed E-state index contributed by atoms with van der Waals surface area (Å²) in [5, 5.41) is 0.0724. The van der Waals surface area contributed by atoms with E-state index < -0.39 is 11.2 Å². The first kappa shape index (κ1) is 14.5. The molecule has 3 nitrogen and oxygen atoms in total. The summed E-state index contributed by atoms with van der Waals surface area (Å²) in [5.74, 6) is -1.43. The number of halogens is 3.